The molecule has 6 heteroatoms. The summed E-state index contributed by atoms with van der Waals surface area (Å²) in [6, 6.07) is 8.23. The highest BCUT2D eigenvalue weighted by molar-refractivity contribution is 9.10. The highest BCUT2D eigenvalue weighted by Crippen LogP contribution is 2.32. The van der Waals surface area contributed by atoms with E-state index in [1.807, 2.05) is 19.1 Å². The van der Waals surface area contributed by atoms with E-state index in [1.165, 1.54) is 12.1 Å². The van der Waals surface area contributed by atoms with Crippen LogP contribution in [0.4, 0.5) is 10.1 Å². The number of anilines is 1. The lowest BCUT2D eigenvalue weighted by molar-refractivity contribution is 0.627. The monoisotopic (exact) mass is 346 g/mol. The Labute approximate surface area is 129 Å². The van der Waals surface area contributed by atoms with Crippen molar-refractivity contribution in [3.8, 4) is 17.1 Å². The first-order valence-corrected chi connectivity index (χ1v) is 7.07. The zero-order chi connectivity index (χ0) is 15.0. The molecule has 0 amide bonds. The minimum absolute atomic E-state index is 0.316. The third-order valence-electron chi connectivity index (χ3n) is 3.06. The second-order valence-electron chi connectivity index (χ2n) is 4.69. The summed E-state index contributed by atoms with van der Waals surface area (Å²) < 4.78 is 15.4. The molecule has 2 aromatic heterocycles. The summed E-state index contributed by atoms with van der Waals surface area (Å²) in [4.78, 5) is 4.27. The van der Waals surface area contributed by atoms with Gasteiger partial charge in [-0.3, -0.25) is 0 Å². The fraction of sp³-hybridized carbons (Fsp3) is 0.0667. The van der Waals surface area contributed by atoms with E-state index in [4.69, 9.17) is 5.73 Å². The van der Waals surface area contributed by atoms with Gasteiger partial charge in [0.2, 0.25) is 0 Å². The first-order chi connectivity index (χ1) is 10.0. The number of nitrogen functional groups attached to an aromatic ring is 1. The van der Waals surface area contributed by atoms with Gasteiger partial charge in [-0.2, -0.15) is 5.10 Å². The summed E-state index contributed by atoms with van der Waals surface area (Å²) in [5, 5.41) is 4.46. The molecule has 2 N–H and O–H groups in total. The van der Waals surface area contributed by atoms with Crippen LogP contribution in [-0.2, 0) is 0 Å². The third-order valence-corrected chi connectivity index (χ3v) is 3.72. The lowest BCUT2D eigenvalue weighted by atomic mass is 10.1. The first kappa shape index (κ1) is 13.8. The summed E-state index contributed by atoms with van der Waals surface area (Å²) in [7, 11) is 0. The molecule has 0 spiro atoms. The normalized spacial score (nSPS) is 10.8. The molecule has 0 unspecified atom stereocenters. The van der Waals surface area contributed by atoms with E-state index >= 15 is 0 Å². The second kappa shape index (κ2) is 5.29. The fourth-order valence-corrected chi connectivity index (χ4v) is 2.58. The SMILES string of the molecule is Cc1ccnc(-n2cc(N)c(-c3ccc(F)cc3Br)n2)c1. The van der Waals surface area contributed by atoms with Crippen LogP contribution in [0.2, 0.25) is 0 Å². The van der Waals surface area contributed by atoms with Crippen LogP contribution in [0.3, 0.4) is 0 Å². The van der Waals surface area contributed by atoms with Crippen molar-refractivity contribution in [1.29, 1.82) is 0 Å². The standard InChI is InChI=1S/C15H12BrFN4/c1-9-4-5-19-14(6-9)21-8-13(18)15(20-21)11-3-2-10(17)7-12(11)16/h2-8H,18H2,1H3. The van der Waals surface area contributed by atoms with Gasteiger partial charge in [-0.05, 0) is 58.7 Å². The highest BCUT2D eigenvalue weighted by Gasteiger charge is 2.13. The number of rotatable bonds is 2. The summed E-state index contributed by atoms with van der Waals surface area (Å²) in [6.07, 6.45) is 3.42. The van der Waals surface area contributed by atoms with Gasteiger partial charge in [0.15, 0.2) is 5.82 Å². The Morgan fingerprint density at radius 3 is 2.76 bits per heavy atom. The maximum absolute atomic E-state index is 13.2. The smallest absolute Gasteiger partial charge is 0.153 e. The molecular weight excluding hydrogens is 335 g/mol. The van der Waals surface area contributed by atoms with E-state index in [-0.39, 0.29) is 5.82 Å². The average molecular weight is 347 g/mol. The molecule has 3 rings (SSSR count). The van der Waals surface area contributed by atoms with Crippen molar-refractivity contribution in [2.75, 3.05) is 5.73 Å². The first-order valence-electron chi connectivity index (χ1n) is 6.28. The second-order valence-corrected chi connectivity index (χ2v) is 5.55. The van der Waals surface area contributed by atoms with Crippen LogP contribution < -0.4 is 5.73 Å². The van der Waals surface area contributed by atoms with Gasteiger partial charge >= 0.3 is 0 Å². The maximum atomic E-state index is 13.2. The van der Waals surface area contributed by atoms with E-state index in [1.54, 1.807) is 23.1 Å². The van der Waals surface area contributed by atoms with Crippen LogP contribution in [-0.4, -0.2) is 14.8 Å². The fourth-order valence-electron chi connectivity index (χ4n) is 2.04. The lowest BCUT2D eigenvalue weighted by Gasteiger charge is -2.03. The number of aromatic nitrogens is 3. The van der Waals surface area contributed by atoms with Gasteiger partial charge in [-0.1, -0.05) is 0 Å². The van der Waals surface area contributed by atoms with E-state index in [2.05, 4.69) is 26.0 Å². The van der Waals surface area contributed by atoms with E-state index in [0.717, 1.165) is 11.1 Å². The molecular formula is C15H12BrFN4. The Hall–Kier alpha value is -2.21. The van der Waals surface area contributed by atoms with Crippen molar-refractivity contribution in [3.63, 3.8) is 0 Å². The minimum Gasteiger partial charge on any atom is -0.396 e. The highest BCUT2D eigenvalue weighted by atomic mass is 79.9. The summed E-state index contributed by atoms with van der Waals surface area (Å²) >= 11 is 3.33. The molecule has 0 bridgehead atoms. The van der Waals surface area contributed by atoms with Gasteiger partial charge in [0.05, 0.1) is 11.9 Å². The molecule has 0 fully saturated rings. The van der Waals surface area contributed by atoms with Crippen molar-refractivity contribution < 1.29 is 4.39 Å². The molecule has 21 heavy (non-hydrogen) atoms. The van der Waals surface area contributed by atoms with Gasteiger partial charge < -0.3 is 5.73 Å². The Bertz CT molecular complexity index is 813. The molecule has 0 radical (unpaired) electrons. The summed E-state index contributed by atoms with van der Waals surface area (Å²) in [6.45, 7) is 1.98. The molecule has 0 saturated heterocycles. The number of halogens is 2. The molecule has 1 aromatic carbocycles. The molecule has 4 nitrogen and oxygen atoms in total. The van der Waals surface area contributed by atoms with E-state index in [0.29, 0.717) is 21.7 Å². The predicted molar refractivity (Wildman–Crippen MR) is 83.6 cm³/mol. The van der Waals surface area contributed by atoms with Crippen LogP contribution in [0.5, 0.6) is 0 Å². The van der Waals surface area contributed by atoms with Crippen LogP contribution in [0.25, 0.3) is 17.1 Å². The van der Waals surface area contributed by atoms with Gasteiger partial charge in [0.25, 0.3) is 0 Å². The molecule has 3 aromatic rings. The predicted octanol–water partition coefficient (Wildman–Crippen LogP) is 3.73. The number of benzene rings is 1. The van der Waals surface area contributed by atoms with Crippen molar-refractivity contribution in [2.45, 2.75) is 6.92 Å². The largest absolute Gasteiger partial charge is 0.396 e. The van der Waals surface area contributed by atoms with E-state index in [9.17, 15) is 4.39 Å². The molecule has 0 atom stereocenters. The number of hydrogen-bond donors (Lipinski definition) is 1. The number of nitrogens with two attached hydrogens (primary N) is 1. The number of hydrogen-bond acceptors (Lipinski definition) is 3. The molecule has 0 aliphatic heterocycles. The summed E-state index contributed by atoms with van der Waals surface area (Å²) in [5.74, 6) is 0.371. The number of pyridine rings is 1. The third kappa shape index (κ3) is 2.67. The zero-order valence-corrected chi connectivity index (χ0v) is 12.8. The Kier molecular flexibility index (Phi) is 3.47. The topological polar surface area (TPSA) is 56.7 Å². The number of aryl methyl sites for hydroxylation is 1. The van der Waals surface area contributed by atoms with Crippen molar-refractivity contribution in [2.24, 2.45) is 0 Å². The van der Waals surface area contributed by atoms with Crippen molar-refractivity contribution in [3.05, 3.63) is 58.6 Å². The number of nitrogens with zero attached hydrogens (tertiary/aromatic N) is 3. The van der Waals surface area contributed by atoms with Crippen LogP contribution in [0.15, 0.2) is 47.2 Å². The quantitative estimate of drug-likeness (QED) is 0.769. The van der Waals surface area contributed by atoms with Crippen molar-refractivity contribution in [1.82, 2.24) is 14.8 Å². The van der Waals surface area contributed by atoms with Gasteiger partial charge in [-0.25, -0.2) is 14.1 Å². The van der Waals surface area contributed by atoms with Gasteiger partial charge in [0.1, 0.15) is 11.5 Å². The lowest BCUT2D eigenvalue weighted by Crippen LogP contribution is -1.98. The van der Waals surface area contributed by atoms with Crippen LogP contribution in [0.1, 0.15) is 5.56 Å². The van der Waals surface area contributed by atoms with Gasteiger partial charge in [0, 0.05) is 16.2 Å². The molecule has 0 aliphatic rings. The van der Waals surface area contributed by atoms with Crippen molar-refractivity contribution >= 4 is 21.6 Å². The van der Waals surface area contributed by atoms with Gasteiger partial charge in [-0.15, -0.1) is 0 Å². The maximum Gasteiger partial charge on any atom is 0.153 e. The minimum atomic E-state index is -0.316. The Morgan fingerprint density at radius 1 is 1.24 bits per heavy atom. The molecule has 0 saturated carbocycles. The Balaban J connectivity index is 2.10. The Morgan fingerprint density at radius 2 is 2.05 bits per heavy atom. The van der Waals surface area contributed by atoms with E-state index < -0.39 is 0 Å². The van der Waals surface area contributed by atoms with Crippen LogP contribution >= 0.6 is 15.9 Å². The van der Waals surface area contributed by atoms with Crippen LogP contribution in [0, 0.1) is 12.7 Å². The zero-order valence-electron chi connectivity index (χ0n) is 11.2. The molecule has 2 heterocycles. The summed E-state index contributed by atoms with van der Waals surface area (Å²) in [5.41, 5.74) is 8.94. The molecule has 0 aliphatic carbocycles. The molecule has 106 valence electrons. The average Bonchev–Trinajstić information content (AvgIpc) is 2.81.